The minimum Gasteiger partial charge on any atom is -0.314 e. The van der Waals surface area contributed by atoms with Crippen LogP contribution in [0, 0.1) is 11.8 Å². The van der Waals surface area contributed by atoms with Crippen LogP contribution in [-0.4, -0.2) is 17.8 Å². The van der Waals surface area contributed by atoms with Gasteiger partial charge < -0.3 is 5.32 Å². The second kappa shape index (κ2) is 6.34. The number of hydrogen-bond donors (Lipinski definition) is 1. The average molecular weight is 301 g/mol. The molecule has 21 heavy (non-hydrogen) atoms. The Hall–Kier alpha value is -0.470. The van der Waals surface area contributed by atoms with Gasteiger partial charge in [-0.1, -0.05) is 37.5 Å². The Balaban J connectivity index is 1.34. The monoisotopic (exact) mass is 301 g/mol. The van der Waals surface area contributed by atoms with Crippen LogP contribution in [0.25, 0.3) is 0 Å². The van der Waals surface area contributed by atoms with Gasteiger partial charge in [0.2, 0.25) is 0 Å². The summed E-state index contributed by atoms with van der Waals surface area (Å²) in [5.41, 5.74) is 1.59. The average Bonchev–Trinajstić information content (AvgIpc) is 3.25. The minimum absolute atomic E-state index is 0.842. The standard InChI is InChI=1S/C19H27NS/c1-2-7-16(13-20-17-9-10-17)14(5-1)11-18-12-15-6-3-4-8-19(15)21-18/h3-4,6,8,14,16-18,20H,1-2,5,7,9-13H2. The van der Waals surface area contributed by atoms with Crippen molar-refractivity contribution in [1.82, 2.24) is 5.32 Å². The third kappa shape index (κ3) is 3.48. The SMILES string of the molecule is c1ccc2c(c1)CC(CC1CCCCC1CNC1CC1)S2. The fourth-order valence-electron chi connectivity index (χ4n) is 4.19. The predicted molar refractivity (Wildman–Crippen MR) is 90.9 cm³/mol. The second-order valence-corrected chi connectivity index (χ2v) is 8.62. The maximum Gasteiger partial charge on any atom is 0.0138 e. The maximum atomic E-state index is 3.79. The minimum atomic E-state index is 0.842. The zero-order valence-electron chi connectivity index (χ0n) is 12.9. The first kappa shape index (κ1) is 14.1. The fourth-order valence-corrected chi connectivity index (χ4v) is 5.62. The Bertz CT molecular complexity index is 457. The highest BCUT2D eigenvalue weighted by Gasteiger charge is 2.31. The lowest BCUT2D eigenvalue weighted by Gasteiger charge is -2.33. The van der Waals surface area contributed by atoms with Crippen molar-refractivity contribution in [2.75, 3.05) is 6.54 Å². The van der Waals surface area contributed by atoms with E-state index in [4.69, 9.17) is 0 Å². The molecule has 114 valence electrons. The number of rotatable bonds is 5. The van der Waals surface area contributed by atoms with Crippen LogP contribution in [0.15, 0.2) is 29.2 Å². The van der Waals surface area contributed by atoms with Crippen molar-refractivity contribution in [2.45, 2.75) is 67.6 Å². The van der Waals surface area contributed by atoms with Gasteiger partial charge in [-0.25, -0.2) is 0 Å². The van der Waals surface area contributed by atoms with E-state index in [1.807, 2.05) is 0 Å². The largest absolute Gasteiger partial charge is 0.314 e. The lowest BCUT2D eigenvalue weighted by molar-refractivity contribution is 0.216. The van der Waals surface area contributed by atoms with Crippen LogP contribution < -0.4 is 5.32 Å². The van der Waals surface area contributed by atoms with E-state index in [0.717, 1.165) is 23.1 Å². The maximum absolute atomic E-state index is 3.79. The molecule has 1 aromatic carbocycles. The van der Waals surface area contributed by atoms with E-state index in [2.05, 4.69) is 41.3 Å². The Kier molecular flexibility index (Phi) is 4.27. The summed E-state index contributed by atoms with van der Waals surface area (Å²) >= 11 is 2.15. The van der Waals surface area contributed by atoms with Crippen molar-refractivity contribution in [3.05, 3.63) is 29.8 Å². The molecule has 1 aliphatic heterocycles. The van der Waals surface area contributed by atoms with E-state index in [1.54, 1.807) is 10.5 Å². The molecule has 2 aliphatic carbocycles. The molecule has 3 unspecified atom stereocenters. The summed E-state index contributed by atoms with van der Waals surface area (Å²) in [6.45, 7) is 1.29. The Morgan fingerprint density at radius 1 is 1.00 bits per heavy atom. The molecule has 2 heteroatoms. The molecule has 3 atom stereocenters. The highest BCUT2D eigenvalue weighted by molar-refractivity contribution is 8.00. The summed E-state index contributed by atoms with van der Waals surface area (Å²) in [5.74, 6) is 1.92. The summed E-state index contributed by atoms with van der Waals surface area (Å²) in [7, 11) is 0. The smallest absolute Gasteiger partial charge is 0.0138 e. The highest BCUT2D eigenvalue weighted by Crippen LogP contribution is 2.43. The molecule has 1 aromatic rings. The quantitative estimate of drug-likeness (QED) is 0.849. The van der Waals surface area contributed by atoms with Gasteiger partial charge in [0.05, 0.1) is 0 Å². The topological polar surface area (TPSA) is 12.0 Å². The summed E-state index contributed by atoms with van der Waals surface area (Å²) in [4.78, 5) is 1.55. The molecule has 1 heterocycles. The molecule has 0 amide bonds. The number of nitrogens with one attached hydrogen (secondary N) is 1. The number of fused-ring (bicyclic) bond motifs is 1. The molecule has 1 N–H and O–H groups in total. The second-order valence-electron chi connectivity index (χ2n) is 7.27. The molecule has 4 rings (SSSR count). The third-order valence-electron chi connectivity index (χ3n) is 5.59. The molecule has 0 spiro atoms. The van der Waals surface area contributed by atoms with E-state index in [-0.39, 0.29) is 0 Å². The van der Waals surface area contributed by atoms with Gasteiger partial charge in [0.15, 0.2) is 0 Å². The van der Waals surface area contributed by atoms with Crippen LogP contribution in [0.4, 0.5) is 0 Å². The van der Waals surface area contributed by atoms with Crippen molar-refractivity contribution in [1.29, 1.82) is 0 Å². The lowest BCUT2D eigenvalue weighted by atomic mass is 9.76. The van der Waals surface area contributed by atoms with Crippen LogP contribution in [0.3, 0.4) is 0 Å². The zero-order chi connectivity index (χ0) is 14.1. The Morgan fingerprint density at radius 2 is 1.81 bits per heavy atom. The van der Waals surface area contributed by atoms with Gasteiger partial charge >= 0.3 is 0 Å². The summed E-state index contributed by atoms with van der Waals surface area (Å²) in [6, 6.07) is 9.90. The molecule has 1 nitrogen and oxygen atoms in total. The van der Waals surface area contributed by atoms with Gasteiger partial charge in [-0.15, -0.1) is 11.8 Å². The molecular formula is C19H27NS. The molecule has 0 aromatic heterocycles. The molecule has 0 radical (unpaired) electrons. The van der Waals surface area contributed by atoms with Crippen molar-refractivity contribution >= 4 is 11.8 Å². The summed E-state index contributed by atoms with van der Waals surface area (Å²) in [5, 5.41) is 4.63. The number of benzene rings is 1. The van der Waals surface area contributed by atoms with Crippen molar-refractivity contribution < 1.29 is 0 Å². The molecule has 0 saturated heterocycles. The van der Waals surface area contributed by atoms with Crippen LogP contribution >= 0.6 is 11.8 Å². The van der Waals surface area contributed by atoms with Gasteiger partial charge in [0, 0.05) is 16.2 Å². The van der Waals surface area contributed by atoms with Crippen molar-refractivity contribution in [3.8, 4) is 0 Å². The van der Waals surface area contributed by atoms with E-state index in [9.17, 15) is 0 Å². The summed E-state index contributed by atoms with van der Waals surface area (Å²) < 4.78 is 0. The van der Waals surface area contributed by atoms with Crippen molar-refractivity contribution in [2.24, 2.45) is 11.8 Å². The van der Waals surface area contributed by atoms with E-state index >= 15 is 0 Å². The number of thioether (sulfide) groups is 1. The van der Waals surface area contributed by atoms with Gasteiger partial charge in [-0.3, -0.25) is 0 Å². The molecule has 2 fully saturated rings. The van der Waals surface area contributed by atoms with Crippen LogP contribution in [0.5, 0.6) is 0 Å². The van der Waals surface area contributed by atoms with Gasteiger partial charge in [0.1, 0.15) is 0 Å². The van der Waals surface area contributed by atoms with E-state index in [0.29, 0.717) is 0 Å². The zero-order valence-corrected chi connectivity index (χ0v) is 13.7. The number of hydrogen-bond acceptors (Lipinski definition) is 2. The normalized spacial score (nSPS) is 32.1. The first-order valence-corrected chi connectivity index (χ1v) is 9.74. The molecular weight excluding hydrogens is 274 g/mol. The Morgan fingerprint density at radius 3 is 2.62 bits per heavy atom. The van der Waals surface area contributed by atoms with Crippen LogP contribution in [0.1, 0.15) is 50.5 Å². The molecule has 0 bridgehead atoms. The van der Waals surface area contributed by atoms with Gasteiger partial charge in [0.25, 0.3) is 0 Å². The van der Waals surface area contributed by atoms with Gasteiger partial charge in [-0.05, 0) is 62.1 Å². The predicted octanol–water partition coefficient (Wildman–Crippen LogP) is 4.65. The van der Waals surface area contributed by atoms with Crippen LogP contribution in [-0.2, 0) is 6.42 Å². The first-order chi connectivity index (χ1) is 10.4. The van der Waals surface area contributed by atoms with Gasteiger partial charge in [-0.2, -0.15) is 0 Å². The van der Waals surface area contributed by atoms with Crippen LogP contribution in [0.2, 0.25) is 0 Å². The Labute approximate surface area is 133 Å². The van der Waals surface area contributed by atoms with E-state index < -0.39 is 0 Å². The lowest BCUT2D eigenvalue weighted by Crippen LogP contribution is -2.33. The summed E-state index contributed by atoms with van der Waals surface area (Å²) in [6.07, 6.45) is 11.5. The molecule has 2 saturated carbocycles. The highest BCUT2D eigenvalue weighted by atomic mass is 32.2. The van der Waals surface area contributed by atoms with Crippen molar-refractivity contribution in [3.63, 3.8) is 0 Å². The first-order valence-electron chi connectivity index (χ1n) is 8.86. The van der Waals surface area contributed by atoms with E-state index in [1.165, 1.54) is 57.9 Å². The fraction of sp³-hybridized carbons (Fsp3) is 0.684. The third-order valence-corrected chi connectivity index (χ3v) is 6.94. The molecule has 3 aliphatic rings.